The summed E-state index contributed by atoms with van der Waals surface area (Å²) < 4.78 is 32.0. The van der Waals surface area contributed by atoms with Crippen molar-refractivity contribution in [3.63, 3.8) is 0 Å². The van der Waals surface area contributed by atoms with Crippen LogP contribution >= 0.6 is 0 Å². The van der Waals surface area contributed by atoms with Crippen LogP contribution in [0.2, 0.25) is 0 Å². The van der Waals surface area contributed by atoms with Gasteiger partial charge in [0.25, 0.3) is 0 Å². The highest BCUT2D eigenvalue weighted by molar-refractivity contribution is 7.89. The van der Waals surface area contributed by atoms with Crippen LogP contribution < -0.4 is 0 Å². The molecule has 0 N–H and O–H groups in total. The predicted octanol–water partition coefficient (Wildman–Crippen LogP) is 2.18. The molecule has 1 aromatic carbocycles. The fourth-order valence-electron chi connectivity index (χ4n) is 2.35. The summed E-state index contributed by atoms with van der Waals surface area (Å²) in [5.74, 6) is 0. The molecule has 0 radical (unpaired) electrons. The first-order valence-corrected chi connectivity index (χ1v) is 8.09. The Morgan fingerprint density at radius 2 is 2.05 bits per heavy atom. The lowest BCUT2D eigenvalue weighted by Crippen LogP contribution is -2.37. The average Bonchev–Trinajstić information content (AvgIpc) is 2.40. The van der Waals surface area contributed by atoms with Gasteiger partial charge in [-0.2, -0.15) is 4.31 Å². The van der Waals surface area contributed by atoms with E-state index >= 15 is 0 Å². The van der Waals surface area contributed by atoms with E-state index in [4.69, 9.17) is 4.74 Å². The van der Waals surface area contributed by atoms with Crippen molar-refractivity contribution in [1.29, 1.82) is 0 Å². The van der Waals surface area contributed by atoms with Crippen LogP contribution in [0.1, 0.15) is 24.8 Å². The minimum atomic E-state index is -3.42. The standard InChI is InChI=1S/C14H21NO3S/c1-12-7-3-4-9-14(12)19(16,17)15(2)11-13-8-5-6-10-18-13/h3-4,7,9,13H,5-6,8,10-11H2,1-2H3. The Hall–Kier alpha value is -0.910. The minimum absolute atomic E-state index is 0.0255. The second kappa shape index (κ2) is 6.03. The number of sulfonamides is 1. The minimum Gasteiger partial charge on any atom is -0.377 e. The smallest absolute Gasteiger partial charge is 0.243 e. The summed E-state index contributed by atoms with van der Waals surface area (Å²) in [7, 11) is -1.79. The van der Waals surface area contributed by atoms with E-state index in [1.165, 1.54) is 4.31 Å². The van der Waals surface area contributed by atoms with Crippen LogP contribution in [0.25, 0.3) is 0 Å². The fourth-order valence-corrected chi connectivity index (χ4v) is 3.77. The van der Waals surface area contributed by atoms with Gasteiger partial charge < -0.3 is 4.74 Å². The van der Waals surface area contributed by atoms with Crippen molar-refractivity contribution in [2.45, 2.75) is 37.2 Å². The molecule has 1 unspecified atom stereocenters. The zero-order valence-corrected chi connectivity index (χ0v) is 12.3. The van der Waals surface area contributed by atoms with Crippen LogP contribution in [0, 0.1) is 6.92 Å². The maximum Gasteiger partial charge on any atom is 0.243 e. The number of likely N-dealkylation sites (N-methyl/N-ethyl adjacent to an activating group) is 1. The van der Waals surface area contributed by atoms with E-state index < -0.39 is 10.0 Å². The van der Waals surface area contributed by atoms with Gasteiger partial charge in [-0.15, -0.1) is 0 Å². The van der Waals surface area contributed by atoms with Gasteiger partial charge in [-0.05, 0) is 37.8 Å². The molecule has 1 saturated heterocycles. The van der Waals surface area contributed by atoms with Crippen LogP contribution in [-0.2, 0) is 14.8 Å². The third-order valence-electron chi connectivity index (χ3n) is 3.52. The number of hydrogen-bond donors (Lipinski definition) is 0. The Kier molecular flexibility index (Phi) is 4.60. The molecule has 0 spiro atoms. The molecule has 0 aliphatic carbocycles. The van der Waals surface area contributed by atoms with Crippen molar-refractivity contribution in [3.05, 3.63) is 29.8 Å². The van der Waals surface area contributed by atoms with Crippen molar-refractivity contribution in [2.75, 3.05) is 20.2 Å². The molecule has 1 fully saturated rings. The molecule has 4 nitrogen and oxygen atoms in total. The molecule has 106 valence electrons. The maximum absolute atomic E-state index is 12.5. The Morgan fingerprint density at radius 3 is 2.68 bits per heavy atom. The number of ether oxygens (including phenoxy) is 1. The van der Waals surface area contributed by atoms with Crippen molar-refractivity contribution in [1.82, 2.24) is 4.31 Å². The SMILES string of the molecule is Cc1ccccc1S(=O)(=O)N(C)CC1CCCCO1. The van der Waals surface area contributed by atoms with Gasteiger partial charge in [0.15, 0.2) is 0 Å². The van der Waals surface area contributed by atoms with Crippen LogP contribution in [0.5, 0.6) is 0 Å². The van der Waals surface area contributed by atoms with Gasteiger partial charge in [0.2, 0.25) is 10.0 Å². The third kappa shape index (κ3) is 3.35. The van der Waals surface area contributed by atoms with Crippen LogP contribution in [0.4, 0.5) is 0 Å². The highest BCUT2D eigenvalue weighted by Crippen LogP contribution is 2.20. The fraction of sp³-hybridized carbons (Fsp3) is 0.571. The van der Waals surface area contributed by atoms with E-state index in [2.05, 4.69) is 0 Å². The summed E-state index contributed by atoms with van der Waals surface area (Å²) in [5, 5.41) is 0. The molecule has 1 aliphatic heterocycles. The van der Waals surface area contributed by atoms with Gasteiger partial charge in [-0.1, -0.05) is 18.2 Å². The predicted molar refractivity (Wildman–Crippen MR) is 74.6 cm³/mol. The molecule has 5 heteroatoms. The Labute approximate surface area is 115 Å². The number of benzene rings is 1. The van der Waals surface area contributed by atoms with E-state index in [9.17, 15) is 8.42 Å². The molecule has 1 aliphatic rings. The first-order valence-electron chi connectivity index (χ1n) is 6.65. The number of hydrogen-bond acceptors (Lipinski definition) is 3. The molecule has 1 aromatic rings. The van der Waals surface area contributed by atoms with Gasteiger partial charge >= 0.3 is 0 Å². The molecule has 1 heterocycles. The molecule has 0 saturated carbocycles. The van der Waals surface area contributed by atoms with Crippen molar-refractivity contribution in [3.8, 4) is 0 Å². The lowest BCUT2D eigenvalue weighted by molar-refractivity contribution is 0.00858. The number of nitrogens with zero attached hydrogens (tertiary/aromatic N) is 1. The Balaban J connectivity index is 2.13. The molecule has 1 atom stereocenters. The molecule has 0 aromatic heterocycles. The van der Waals surface area contributed by atoms with E-state index in [-0.39, 0.29) is 6.10 Å². The van der Waals surface area contributed by atoms with Gasteiger partial charge in [-0.25, -0.2) is 8.42 Å². The number of aryl methyl sites for hydroxylation is 1. The van der Waals surface area contributed by atoms with Crippen LogP contribution in [0.15, 0.2) is 29.2 Å². The molecular formula is C14H21NO3S. The lowest BCUT2D eigenvalue weighted by Gasteiger charge is -2.27. The highest BCUT2D eigenvalue weighted by Gasteiger charge is 2.26. The summed E-state index contributed by atoms with van der Waals surface area (Å²) >= 11 is 0. The van der Waals surface area contributed by atoms with E-state index in [0.29, 0.717) is 11.4 Å². The monoisotopic (exact) mass is 283 g/mol. The first kappa shape index (κ1) is 14.5. The van der Waals surface area contributed by atoms with Gasteiger partial charge in [0.1, 0.15) is 0 Å². The van der Waals surface area contributed by atoms with Crippen molar-refractivity contribution < 1.29 is 13.2 Å². The van der Waals surface area contributed by atoms with Gasteiger partial charge in [-0.3, -0.25) is 0 Å². The largest absolute Gasteiger partial charge is 0.377 e. The summed E-state index contributed by atoms with van der Waals surface area (Å²) in [4.78, 5) is 0.383. The quantitative estimate of drug-likeness (QED) is 0.851. The zero-order chi connectivity index (χ0) is 13.9. The van der Waals surface area contributed by atoms with E-state index in [1.54, 1.807) is 19.2 Å². The molecule has 2 rings (SSSR count). The van der Waals surface area contributed by atoms with Crippen LogP contribution in [0.3, 0.4) is 0 Å². The zero-order valence-electron chi connectivity index (χ0n) is 11.5. The molecular weight excluding hydrogens is 262 g/mol. The summed E-state index contributed by atoms with van der Waals surface area (Å²) in [5.41, 5.74) is 0.777. The van der Waals surface area contributed by atoms with E-state index in [1.807, 2.05) is 19.1 Å². The maximum atomic E-state index is 12.5. The molecule has 19 heavy (non-hydrogen) atoms. The topological polar surface area (TPSA) is 46.6 Å². The summed E-state index contributed by atoms with van der Waals surface area (Å²) in [6, 6.07) is 7.07. The summed E-state index contributed by atoms with van der Waals surface area (Å²) in [6.45, 7) is 2.98. The normalized spacial score (nSPS) is 20.7. The first-order chi connectivity index (χ1) is 9.01. The Bertz CT molecular complexity index is 521. The molecule has 0 amide bonds. The van der Waals surface area contributed by atoms with Crippen molar-refractivity contribution in [2.24, 2.45) is 0 Å². The highest BCUT2D eigenvalue weighted by atomic mass is 32.2. The van der Waals surface area contributed by atoms with E-state index in [0.717, 1.165) is 31.4 Å². The number of rotatable bonds is 4. The van der Waals surface area contributed by atoms with Crippen LogP contribution in [-0.4, -0.2) is 39.0 Å². The lowest BCUT2D eigenvalue weighted by atomic mass is 10.1. The third-order valence-corrected chi connectivity index (χ3v) is 5.50. The summed E-state index contributed by atoms with van der Waals surface area (Å²) in [6.07, 6.45) is 3.15. The van der Waals surface area contributed by atoms with Crippen molar-refractivity contribution >= 4 is 10.0 Å². The average molecular weight is 283 g/mol. The Morgan fingerprint density at radius 1 is 1.32 bits per heavy atom. The second-order valence-corrected chi connectivity index (χ2v) is 7.05. The van der Waals surface area contributed by atoms with Gasteiger partial charge in [0, 0.05) is 20.2 Å². The second-order valence-electron chi connectivity index (χ2n) is 5.04. The van der Waals surface area contributed by atoms with Gasteiger partial charge in [0.05, 0.1) is 11.0 Å². The molecule has 0 bridgehead atoms.